The Bertz CT molecular complexity index is 649. The van der Waals surface area contributed by atoms with Crippen molar-refractivity contribution in [3.8, 4) is 0 Å². The van der Waals surface area contributed by atoms with Crippen LogP contribution in [0.25, 0.3) is 0 Å². The van der Waals surface area contributed by atoms with E-state index < -0.39 is 0 Å². The molecule has 1 amide bonds. The summed E-state index contributed by atoms with van der Waals surface area (Å²) in [6, 6.07) is 8.62. The van der Waals surface area contributed by atoms with Gasteiger partial charge in [0.05, 0.1) is 19.3 Å². The number of nitrogens with one attached hydrogen (secondary N) is 3. The number of guanidine groups is 1. The molecule has 2 saturated heterocycles. The Labute approximate surface area is 167 Å². The summed E-state index contributed by atoms with van der Waals surface area (Å²) in [6.07, 6.45) is 3.64. The number of hydrogen-bond acceptors (Lipinski definition) is 4. The second-order valence-corrected chi connectivity index (χ2v) is 7.32. The monoisotopic (exact) mass is 388 g/mol. The number of rotatable bonds is 7. The van der Waals surface area contributed by atoms with Gasteiger partial charge in [0.1, 0.15) is 0 Å². The summed E-state index contributed by atoms with van der Waals surface area (Å²) in [4.78, 5) is 16.0. The smallest absolute Gasteiger partial charge is 0.220 e. The van der Waals surface area contributed by atoms with Crippen LogP contribution in [0.1, 0.15) is 43.7 Å². The highest BCUT2D eigenvalue weighted by Crippen LogP contribution is 2.14. The van der Waals surface area contributed by atoms with E-state index in [0.717, 1.165) is 50.5 Å². The lowest BCUT2D eigenvalue weighted by Crippen LogP contribution is -2.51. The van der Waals surface area contributed by atoms with Crippen molar-refractivity contribution >= 4 is 11.9 Å². The third-order valence-corrected chi connectivity index (χ3v) is 5.02. The fourth-order valence-electron chi connectivity index (χ4n) is 3.41. The van der Waals surface area contributed by atoms with Crippen LogP contribution in [0, 0.1) is 0 Å². The second kappa shape index (κ2) is 11.0. The van der Waals surface area contributed by atoms with Gasteiger partial charge in [-0.05, 0) is 37.3 Å². The Morgan fingerprint density at radius 2 is 2.11 bits per heavy atom. The number of nitrogens with zero attached hydrogens (tertiary/aromatic N) is 1. The van der Waals surface area contributed by atoms with Gasteiger partial charge in [-0.15, -0.1) is 0 Å². The molecule has 28 heavy (non-hydrogen) atoms. The van der Waals surface area contributed by atoms with Crippen molar-refractivity contribution in [3.05, 3.63) is 35.4 Å². The van der Waals surface area contributed by atoms with Crippen molar-refractivity contribution in [1.29, 1.82) is 0 Å². The molecule has 2 aliphatic rings. The SMILES string of the molecule is CCNC(=NCc1cccc(COC2CCOCC2)c1)NC1CCC(=O)NC1. The lowest BCUT2D eigenvalue weighted by atomic mass is 10.1. The topological polar surface area (TPSA) is 84.0 Å². The average Bonchev–Trinajstić information content (AvgIpc) is 2.73. The summed E-state index contributed by atoms with van der Waals surface area (Å²) >= 11 is 0. The van der Waals surface area contributed by atoms with E-state index >= 15 is 0 Å². The maximum atomic E-state index is 11.3. The Kier molecular flexibility index (Phi) is 8.11. The number of carbonyl (C=O) groups excluding carboxylic acids is 1. The molecule has 0 spiro atoms. The van der Waals surface area contributed by atoms with Gasteiger partial charge in [0.2, 0.25) is 5.91 Å². The number of benzene rings is 1. The first kappa shape index (κ1) is 20.6. The number of aliphatic imine (C=N–C) groups is 1. The van der Waals surface area contributed by atoms with Gasteiger partial charge in [0.25, 0.3) is 0 Å². The minimum Gasteiger partial charge on any atom is -0.381 e. The van der Waals surface area contributed by atoms with Crippen molar-refractivity contribution in [3.63, 3.8) is 0 Å². The number of amides is 1. The highest BCUT2D eigenvalue weighted by atomic mass is 16.5. The van der Waals surface area contributed by atoms with Crippen molar-refractivity contribution in [2.45, 2.75) is 57.9 Å². The van der Waals surface area contributed by atoms with Crippen LogP contribution >= 0.6 is 0 Å². The molecule has 154 valence electrons. The number of hydrogen-bond donors (Lipinski definition) is 3. The summed E-state index contributed by atoms with van der Waals surface area (Å²) in [7, 11) is 0. The molecule has 1 aromatic rings. The second-order valence-electron chi connectivity index (χ2n) is 7.32. The van der Waals surface area contributed by atoms with Crippen LogP contribution in [-0.4, -0.2) is 50.3 Å². The molecule has 2 aliphatic heterocycles. The number of carbonyl (C=O) groups is 1. The van der Waals surface area contributed by atoms with Gasteiger partial charge in [0.15, 0.2) is 5.96 Å². The predicted octanol–water partition coefficient (Wildman–Crippen LogP) is 1.72. The number of ether oxygens (including phenoxy) is 2. The molecule has 1 aromatic carbocycles. The quantitative estimate of drug-likeness (QED) is 0.489. The molecule has 1 atom stereocenters. The number of piperidine rings is 1. The molecule has 7 nitrogen and oxygen atoms in total. The predicted molar refractivity (Wildman–Crippen MR) is 109 cm³/mol. The zero-order valence-corrected chi connectivity index (χ0v) is 16.7. The fourth-order valence-corrected chi connectivity index (χ4v) is 3.41. The van der Waals surface area contributed by atoms with Crippen LogP contribution in [0.5, 0.6) is 0 Å². The largest absolute Gasteiger partial charge is 0.381 e. The van der Waals surface area contributed by atoms with E-state index in [4.69, 9.17) is 14.5 Å². The molecule has 0 saturated carbocycles. The van der Waals surface area contributed by atoms with Crippen LogP contribution in [-0.2, 0) is 27.4 Å². The van der Waals surface area contributed by atoms with Crippen LogP contribution < -0.4 is 16.0 Å². The Morgan fingerprint density at radius 1 is 1.29 bits per heavy atom. The van der Waals surface area contributed by atoms with Gasteiger partial charge in [0, 0.05) is 38.8 Å². The van der Waals surface area contributed by atoms with E-state index in [1.165, 1.54) is 5.56 Å². The average molecular weight is 389 g/mol. The first-order chi connectivity index (χ1) is 13.7. The van der Waals surface area contributed by atoms with E-state index in [0.29, 0.717) is 32.2 Å². The van der Waals surface area contributed by atoms with Crippen molar-refractivity contribution < 1.29 is 14.3 Å². The maximum Gasteiger partial charge on any atom is 0.220 e. The maximum absolute atomic E-state index is 11.3. The summed E-state index contributed by atoms with van der Waals surface area (Å²) in [5, 5.41) is 9.60. The Morgan fingerprint density at radius 3 is 2.86 bits per heavy atom. The summed E-state index contributed by atoms with van der Waals surface area (Å²) in [5.41, 5.74) is 2.33. The third-order valence-electron chi connectivity index (χ3n) is 5.02. The van der Waals surface area contributed by atoms with Crippen molar-refractivity contribution in [2.24, 2.45) is 4.99 Å². The first-order valence-corrected chi connectivity index (χ1v) is 10.3. The Hall–Kier alpha value is -2.12. The van der Waals surface area contributed by atoms with Crippen molar-refractivity contribution in [1.82, 2.24) is 16.0 Å². The molecule has 3 N–H and O–H groups in total. The summed E-state index contributed by atoms with van der Waals surface area (Å²) in [5.74, 6) is 0.910. The molecule has 0 aliphatic carbocycles. The zero-order chi connectivity index (χ0) is 19.6. The van der Waals surface area contributed by atoms with E-state index in [1.807, 2.05) is 6.92 Å². The highest BCUT2D eigenvalue weighted by molar-refractivity contribution is 5.81. The molecule has 1 unspecified atom stereocenters. The van der Waals surface area contributed by atoms with Crippen LogP contribution in [0.15, 0.2) is 29.3 Å². The molecule has 0 bridgehead atoms. The van der Waals surface area contributed by atoms with Gasteiger partial charge in [-0.3, -0.25) is 4.79 Å². The van der Waals surface area contributed by atoms with Gasteiger partial charge in [-0.2, -0.15) is 0 Å². The van der Waals surface area contributed by atoms with Crippen LogP contribution in [0.2, 0.25) is 0 Å². The molecule has 2 fully saturated rings. The van der Waals surface area contributed by atoms with Gasteiger partial charge in [-0.1, -0.05) is 24.3 Å². The first-order valence-electron chi connectivity index (χ1n) is 10.3. The molecular formula is C21H32N4O3. The van der Waals surface area contributed by atoms with Crippen LogP contribution in [0.3, 0.4) is 0 Å². The summed E-state index contributed by atoms with van der Waals surface area (Å²) in [6.45, 7) is 6.30. The third kappa shape index (κ3) is 6.80. The van der Waals surface area contributed by atoms with Gasteiger partial charge in [-0.25, -0.2) is 4.99 Å². The molecule has 0 aromatic heterocycles. The molecule has 0 radical (unpaired) electrons. The van der Waals surface area contributed by atoms with Crippen LogP contribution in [0.4, 0.5) is 0 Å². The minimum absolute atomic E-state index is 0.125. The lowest BCUT2D eigenvalue weighted by molar-refractivity contribution is -0.122. The fraction of sp³-hybridized carbons (Fsp3) is 0.619. The molecular weight excluding hydrogens is 356 g/mol. The minimum atomic E-state index is 0.125. The van der Waals surface area contributed by atoms with Gasteiger partial charge < -0.3 is 25.4 Å². The van der Waals surface area contributed by atoms with E-state index in [-0.39, 0.29) is 11.9 Å². The normalized spacial score (nSPS) is 21.2. The molecule has 2 heterocycles. The van der Waals surface area contributed by atoms with E-state index in [1.54, 1.807) is 0 Å². The van der Waals surface area contributed by atoms with E-state index in [9.17, 15) is 4.79 Å². The van der Waals surface area contributed by atoms with E-state index in [2.05, 4.69) is 40.2 Å². The Balaban J connectivity index is 1.52. The lowest BCUT2D eigenvalue weighted by Gasteiger charge is -2.25. The highest BCUT2D eigenvalue weighted by Gasteiger charge is 2.18. The molecule has 7 heteroatoms. The van der Waals surface area contributed by atoms with Crippen molar-refractivity contribution in [2.75, 3.05) is 26.3 Å². The van der Waals surface area contributed by atoms with Gasteiger partial charge >= 0.3 is 0 Å². The standard InChI is InChI=1S/C21H32N4O3/c1-2-22-21(25-18-6-7-20(26)23-14-18)24-13-16-4-3-5-17(12-16)15-28-19-8-10-27-11-9-19/h3-5,12,18-19H,2,6-11,13-15H2,1H3,(H,23,26)(H2,22,24,25). The zero-order valence-electron chi connectivity index (χ0n) is 16.7. The molecule has 3 rings (SSSR count). The summed E-state index contributed by atoms with van der Waals surface area (Å²) < 4.78 is 11.4.